The van der Waals surface area contributed by atoms with Gasteiger partial charge in [-0.1, -0.05) is 0 Å². The Bertz CT molecular complexity index is 24.8. The van der Waals surface area contributed by atoms with Crippen molar-refractivity contribution in [3.8, 4) is 0 Å². The maximum absolute atomic E-state index is 2.50. The molecule has 0 rings (SSSR count). The third-order valence-electron chi connectivity index (χ3n) is 0.391. The van der Waals surface area contributed by atoms with Gasteiger partial charge in [0.15, 0.2) is 0 Å². The summed E-state index contributed by atoms with van der Waals surface area (Å²) in [6.07, 6.45) is 2.50. The average Bonchev–Trinajstić information content (AvgIpc) is 1.41. The van der Waals surface area contributed by atoms with Crippen LogP contribution in [0.15, 0.2) is 0 Å². The van der Waals surface area contributed by atoms with E-state index in [-0.39, 0.29) is 0 Å². The standard InChI is InChI=1S/C4H8.Ru/c1-3-4-2;/h1H,3-4H2,2H3;/q;+1. The van der Waals surface area contributed by atoms with Gasteiger partial charge in [-0.05, 0) is 0 Å². The molecule has 0 N–H and O–H groups in total. The molecule has 0 radical (unpaired) electrons. The van der Waals surface area contributed by atoms with Gasteiger partial charge < -0.3 is 0 Å². The van der Waals surface area contributed by atoms with Crippen LogP contribution in [0.5, 0.6) is 0 Å². The second-order valence-electron chi connectivity index (χ2n) is 0.933. The molecule has 0 atom stereocenters. The van der Waals surface area contributed by atoms with Crippen molar-refractivity contribution in [2.75, 3.05) is 0 Å². The van der Waals surface area contributed by atoms with Crippen LogP contribution in [0.3, 0.4) is 0 Å². The Morgan fingerprint density at radius 3 is 2.40 bits per heavy atom. The molecular weight excluding hydrogens is 149 g/mol. The molecule has 0 aromatic carbocycles. The number of hydrogen-bond acceptors (Lipinski definition) is 0. The van der Waals surface area contributed by atoms with E-state index >= 15 is 0 Å². The van der Waals surface area contributed by atoms with Crippen LogP contribution < -0.4 is 0 Å². The normalized spacial score (nSPS) is 7.40. The van der Waals surface area contributed by atoms with Gasteiger partial charge in [-0.15, -0.1) is 0 Å². The summed E-state index contributed by atoms with van der Waals surface area (Å²) >= 11 is 2.50. The molecule has 0 heterocycles. The molecule has 0 amide bonds. The molecule has 31 valence electrons. The Labute approximate surface area is 42.8 Å². The van der Waals surface area contributed by atoms with Crippen LogP contribution in [0.2, 0.25) is 0 Å². The van der Waals surface area contributed by atoms with Crippen LogP contribution in [-0.4, -0.2) is 4.61 Å². The minimum atomic E-state index is 1.23. The van der Waals surface area contributed by atoms with E-state index in [1.54, 1.807) is 0 Å². The number of rotatable bonds is 2. The topological polar surface area (TPSA) is 0 Å². The van der Waals surface area contributed by atoms with Gasteiger partial charge in [-0.3, -0.25) is 0 Å². The quantitative estimate of drug-likeness (QED) is 0.527. The van der Waals surface area contributed by atoms with Crippen LogP contribution in [0.4, 0.5) is 0 Å². The molecule has 0 aliphatic rings. The molecule has 0 aromatic heterocycles. The van der Waals surface area contributed by atoms with Crippen molar-refractivity contribution in [3.05, 3.63) is 0 Å². The van der Waals surface area contributed by atoms with Crippen LogP contribution in [0.1, 0.15) is 19.8 Å². The Kier molecular flexibility index (Phi) is 4.94. The third kappa shape index (κ3) is 4.49. The van der Waals surface area contributed by atoms with E-state index in [1.165, 1.54) is 12.8 Å². The van der Waals surface area contributed by atoms with Crippen molar-refractivity contribution in [2.24, 2.45) is 0 Å². The predicted octanol–water partition coefficient (Wildman–Crippen LogP) is 1.14. The van der Waals surface area contributed by atoms with E-state index in [0.717, 1.165) is 0 Å². The number of hydrogen-bond donors (Lipinski definition) is 0. The van der Waals surface area contributed by atoms with Crippen LogP contribution in [0.25, 0.3) is 0 Å². The van der Waals surface area contributed by atoms with Crippen molar-refractivity contribution < 1.29 is 17.9 Å². The van der Waals surface area contributed by atoms with E-state index in [9.17, 15) is 0 Å². The minimum absolute atomic E-state index is 1.23. The van der Waals surface area contributed by atoms with Crippen molar-refractivity contribution in [1.82, 2.24) is 0 Å². The van der Waals surface area contributed by atoms with Crippen molar-refractivity contribution in [1.29, 1.82) is 0 Å². The summed E-state index contributed by atoms with van der Waals surface area (Å²) < 4.78 is 2.11. The van der Waals surface area contributed by atoms with Gasteiger partial charge >= 0.3 is 42.2 Å². The molecule has 0 unspecified atom stereocenters. The first kappa shape index (κ1) is 5.49. The van der Waals surface area contributed by atoms with Crippen LogP contribution in [-0.2, 0) is 17.9 Å². The molecule has 0 saturated carbocycles. The van der Waals surface area contributed by atoms with E-state index < -0.39 is 0 Å². The molecule has 0 saturated heterocycles. The SMILES string of the molecule is CCC[CH]=[Ru+]. The van der Waals surface area contributed by atoms with E-state index in [4.69, 9.17) is 0 Å². The van der Waals surface area contributed by atoms with Gasteiger partial charge in [0.25, 0.3) is 0 Å². The molecule has 0 aliphatic heterocycles. The fourth-order valence-corrected chi connectivity index (χ4v) is 0.604. The molecule has 0 fully saturated rings. The maximum atomic E-state index is 2.50. The van der Waals surface area contributed by atoms with Crippen LogP contribution in [0, 0.1) is 0 Å². The van der Waals surface area contributed by atoms with Gasteiger partial charge in [0.2, 0.25) is 0 Å². The Morgan fingerprint density at radius 2 is 2.40 bits per heavy atom. The van der Waals surface area contributed by atoms with E-state index in [2.05, 4.69) is 29.4 Å². The summed E-state index contributed by atoms with van der Waals surface area (Å²) in [5.41, 5.74) is 0. The summed E-state index contributed by atoms with van der Waals surface area (Å²) in [7, 11) is 0. The average molecular weight is 157 g/mol. The predicted molar refractivity (Wildman–Crippen MR) is 21.0 cm³/mol. The summed E-state index contributed by atoms with van der Waals surface area (Å²) in [6.45, 7) is 2.17. The van der Waals surface area contributed by atoms with Crippen molar-refractivity contribution in [2.45, 2.75) is 19.8 Å². The Morgan fingerprint density at radius 1 is 1.80 bits per heavy atom. The molecular formula is C4H8Ru+. The molecule has 1 heteroatoms. The van der Waals surface area contributed by atoms with Gasteiger partial charge in [0, 0.05) is 0 Å². The first-order valence-corrected chi connectivity index (χ1v) is 2.82. The number of unbranched alkanes of at least 4 members (excludes halogenated alkanes) is 1. The first-order chi connectivity index (χ1) is 2.41. The zero-order chi connectivity index (χ0) is 4.12. The fraction of sp³-hybridized carbons (Fsp3) is 0.750. The Hall–Kier alpha value is 0.493. The van der Waals surface area contributed by atoms with Gasteiger partial charge in [0.1, 0.15) is 0 Å². The van der Waals surface area contributed by atoms with Crippen molar-refractivity contribution in [3.63, 3.8) is 0 Å². The second-order valence-corrected chi connectivity index (χ2v) is 1.64. The fourth-order valence-electron chi connectivity index (χ4n) is 0.102. The molecule has 0 bridgehead atoms. The summed E-state index contributed by atoms with van der Waals surface area (Å²) in [5.74, 6) is 0. The van der Waals surface area contributed by atoms with Gasteiger partial charge in [-0.25, -0.2) is 0 Å². The third-order valence-corrected chi connectivity index (χ3v) is 0.892. The summed E-state index contributed by atoms with van der Waals surface area (Å²) in [5, 5.41) is 0. The summed E-state index contributed by atoms with van der Waals surface area (Å²) in [4.78, 5) is 0. The monoisotopic (exact) mass is 158 g/mol. The molecule has 0 spiro atoms. The summed E-state index contributed by atoms with van der Waals surface area (Å²) in [6, 6.07) is 0. The van der Waals surface area contributed by atoms with Crippen LogP contribution >= 0.6 is 0 Å². The zero-order valence-electron chi connectivity index (χ0n) is 3.35. The first-order valence-electron chi connectivity index (χ1n) is 1.82. The molecule has 5 heavy (non-hydrogen) atoms. The van der Waals surface area contributed by atoms with Crippen molar-refractivity contribution >= 4 is 4.61 Å². The van der Waals surface area contributed by atoms with E-state index in [0.29, 0.717) is 0 Å². The molecule has 0 aromatic rings. The van der Waals surface area contributed by atoms with E-state index in [1.807, 2.05) is 0 Å². The molecule has 0 aliphatic carbocycles. The zero-order valence-corrected chi connectivity index (χ0v) is 5.08. The van der Waals surface area contributed by atoms with Gasteiger partial charge in [0.05, 0.1) is 0 Å². The molecule has 0 nitrogen and oxygen atoms in total. The van der Waals surface area contributed by atoms with Gasteiger partial charge in [-0.2, -0.15) is 0 Å². The Balaban J connectivity index is 2.40. The second kappa shape index (κ2) is 4.49.